The number of hydrogen-bond acceptors (Lipinski definition) is 3. The van der Waals surface area contributed by atoms with Crippen LogP contribution in [0, 0.1) is 34.5 Å². The van der Waals surface area contributed by atoms with E-state index in [2.05, 4.69) is 19.2 Å². The van der Waals surface area contributed by atoms with Crippen molar-refractivity contribution >= 4 is 17.6 Å². The van der Waals surface area contributed by atoms with E-state index in [1.165, 1.54) is 6.08 Å². The Kier molecular flexibility index (Phi) is 5.99. The molecule has 3 saturated carbocycles. The van der Waals surface area contributed by atoms with Gasteiger partial charge >= 0.3 is 18.3 Å². The Labute approximate surface area is 210 Å². The zero-order valence-electron chi connectivity index (χ0n) is 20.5. The van der Waals surface area contributed by atoms with Crippen LogP contribution < -0.4 is 5.32 Å². The lowest BCUT2D eigenvalue weighted by Gasteiger charge is -2.57. The molecule has 7 atom stereocenters. The molecule has 3 fully saturated rings. The second-order valence-electron chi connectivity index (χ2n) is 11.7. The minimum Gasteiger partial charge on any atom is -0.458 e. The van der Waals surface area contributed by atoms with Crippen molar-refractivity contribution in [1.29, 1.82) is 0 Å². The maximum Gasteiger partial charge on any atom is 0.418 e. The Hall–Kier alpha value is -2.52. The number of alkyl halides is 6. The lowest BCUT2D eigenvalue weighted by molar-refractivity contribution is -0.166. The summed E-state index contributed by atoms with van der Waals surface area (Å²) in [6, 6.07) is 1.10. The molecule has 1 aliphatic heterocycles. The highest BCUT2D eigenvalue weighted by Gasteiger charge is 2.60. The molecule has 0 spiro atoms. The van der Waals surface area contributed by atoms with Crippen LogP contribution in [0.4, 0.5) is 32.0 Å². The third-order valence-corrected chi connectivity index (χ3v) is 9.58. The first kappa shape index (κ1) is 26.1. The molecule has 1 heterocycles. The van der Waals surface area contributed by atoms with Crippen LogP contribution in [0.25, 0.3) is 0 Å². The van der Waals surface area contributed by atoms with Gasteiger partial charge in [0.05, 0.1) is 16.8 Å². The summed E-state index contributed by atoms with van der Waals surface area (Å²) in [5.74, 6) is -0.964. The number of halogens is 6. The van der Waals surface area contributed by atoms with Crippen LogP contribution in [0.2, 0.25) is 0 Å². The fraction of sp³-hybridized carbons (Fsp3) is 0.630. The van der Waals surface area contributed by atoms with Gasteiger partial charge in [0.2, 0.25) is 5.91 Å². The number of rotatable bonds is 2. The molecule has 3 aliphatic carbocycles. The Morgan fingerprint density at radius 3 is 2.43 bits per heavy atom. The highest BCUT2D eigenvalue weighted by atomic mass is 19.4. The number of nitrogens with one attached hydrogen (secondary N) is 1. The maximum absolute atomic E-state index is 13.5. The monoisotopic (exact) mass is 529 g/mol. The van der Waals surface area contributed by atoms with Crippen molar-refractivity contribution in [3.8, 4) is 0 Å². The summed E-state index contributed by atoms with van der Waals surface area (Å²) < 4.78 is 85.7. The molecule has 1 aromatic rings. The number of ether oxygens (including phenoxy) is 1. The van der Waals surface area contributed by atoms with Gasteiger partial charge in [-0.15, -0.1) is 0 Å². The van der Waals surface area contributed by atoms with Crippen LogP contribution in [0.3, 0.4) is 0 Å². The molecule has 37 heavy (non-hydrogen) atoms. The molecular weight excluding hydrogens is 500 g/mol. The lowest BCUT2D eigenvalue weighted by atomic mass is 9.49. The molecule has 4 nitrogen and oxygen atoms in total. The molecule has 202 valence electrons. The van der Waals surface area contributed by atoms with Crippen LogP contribution in [-0.4, -0.2) is 18.0 Å². The molecule has 0 aromatic heterocycles. The highest BCUT2D eigenvalue weighted by molar-refractivity contribution is 5.93. The van der Waals surface area contributed by atoms with Gasteiger partial charge in [0.1, 0.15) is 6.10 Å². The number of hydrogen-bond donors (Lipinski definition) is 1. The zero-order valence-corrected chi connectivity index (χ0v) is 20.5. The van der Waals surface area contributed by atoms with E-state index in [-0.39, 0.29) is 40.7 Å². The highest BCUT2D eigenvalue weighted by Crippen LogP contribution is 2.65. The van der Waals surface area contributed by atoms with Crippen molar-refractivity contribution < 1.29 is 40.7 Å². The minimum absolute atomic E-state index is 0.148. The van der Waals surface area contributed by atoms with E-state index in [1.807, 2.05) is 6.08 Å². The van der Waals surface area contributed by atoms with Crippen molar-refractivity contribution in [2.24, 2.45) is 34.5 Å². The van der Waals surface area contributed by atoms with E-state index in [9.17, 15) is 35.9 Å². The summed E-state index contributed by atoms with van der Waals surface area (Å²) in [4.78, 5) is 25.0. The molecular formula is C27H29F6NO3. The molecule has 5 rings (SSSR count). The number of carbonyl (C=O) groups is 2. The predicted octanol–water partition coefficient (Wildman–Crippen LogP) is 7.00. The number of amides is 1. The Bertz CT molecular complexity index is 1140. The molecule has 0 radical (unpaired) electrons. The summed E-state index contributed by atoms with van der Waals surface area (Å²) in [5.41, 5.74) is -3.93. The van der Waals surface area contributed by atoms with Crippen molar-refractivity contribution in [1.82, 2.24) is 0 Å². The van der Waals surface area contributed by atoms with Crippen LogP contribution in [0.1, 0.15) is 63.5 Å². The van der Waals surface area contributed by atoms with Gasteiger partial charge in [0.25, 0.3) is 0 Å². The van der Waals surface area contributed by atoms with Crippen LogP contribution in [-0.2, 0) is 26.7 Å². The SMILES string of the molecule is C[C@]12CC[C@H]3[C@@H](CCC4OC(=O)C=C[C@@]43C)[C@@H]1C[C@H](C(=O)Nc1cc(C(F)(F)F)ccc1C(F)(F)F)C2. The van der Waals surface area contributed by atoms with E-state index in [0.29, 0.717) is 37.5 Å². The molecule has 1 amide bonds. The Morgan fingerprint density at radius 1 is 1.03 bits per heavy atom. The fourth-order valence-electron chi connectivity index (χ4n) is 7.77. The predicted molar refractivity (Wildman–Crippen MR) is 122 cm³/mol. The van der Waals surface area contributed by atoms with E-state index < -0.39 is 41.0 Å². The first-order chi connectivity index (χ1) is 17.1. The summed E-state index contributed by atoms with van der Waals surface area (Å²) in [7, 11) is 0. The molecule has 0 bridgehead atoms. The first-order valence-corrected chi connectivity index (χ1v) is 12.6. The average molecular weight is 530 g/mol. The summed E-state index contributed by atoms with van der Waals surface area (Å²) in [6.45, 7) is 4.21. The Balaban J connectivity index is 1.38. The molecule has 10 heteroatoms. The molecule has 0 saturated heterocycles. The van der Waals surface area contributed by atoms with Gasteiger partial charge in [0.15, 0.2) is 0 Å². The fourth-order valence-corrected chi connectivity index (χ4v) is 7.77. The number of anilines is 1. The summed E-state index contributed by atoms with van der Waals surface area (Å²) >= 11 is 0. The van der Waals surface area contributed by atoms with Crippen molar-refractivity contribution in [2.45, 2.75) is 70.8 Å². The third kappa shape index (κ3) is 4.44. The average Bonchev–Trinajstić information content (AvgIpc) is 3.16. The quantitative estimate of drug-likeness (QED) is 0.332. The van der Waals surface area contributed by atoms with Gasteiger partial charge in [-0.3, -0.25) is 4.79 Å². The smallest absolute Gasteiger partial charge is 0.418 e. The van der Waals surface area contributed by atoms with Gasteiger partial charge in [0, 0.05) is 17.4 Å². The number of esters is 1. The van der Waals surface area contributed by atoms with Gasteiger partial charge in [-0.05, 0) is 79.9 Å². The van der Waals surface area contributed by atoms with Gasteiger partial charge in [-0.25, -0.2) is 4.79 Å². The normalized spacial score (nSPS) is 37.3. The first-order valence-electron chi connectivity index (χ1n) is 12.6. The van der Waals surface area contributed by atoms with Crippen LogP contribution in [0.15, 0.2) is 30.4 Å². The number of fused-ring (bicyclic) bond motifs is 5. The third-order valence-electron chi connectivity index (χ3n) is 9.58. The number of carbonyl (C=O) groups excluding carboxylic acids is 2. The topological polar surface area (TPSA) is 55.4 Å². The summed E-state index contributed by atoms with van der Waals surface area (Å²) in [5, 5.41) is 2.20. The van der Waals surface area contributed by atoms with Crippen LogP contribution >= 0.6 is 0 Å². The van der Waals surface area contributed by atoms with Gasteiger partial charge in [-0.2, -0.15) is 26.3 Å². The van der Waals surface area contributed by atoms with E-state index in [4.69, 9.17) is 4.74 Å². The standard InChI is InChI=1S/C27H29F6NO3/c1-24-9-7-17-16(4-6-21-25(17,2)10-8-22(35)37-21)19(24)11-14(13-24)23(36)34-20-12-15(26(28,29)30)3-5-18(20)27(31,32)33/h3,5,8,10,12,14,16-17,19,21H,4,6-7,9,11,13H2,1-2H3,(H,34,36)/t14-,16+,17-,19-,21?,24+,25+/m0/s1. The molecule has 1 aromatic carbocycles. The lowest BCUT2D eigenvalue weighted by Crippen LogP contribution is -2.54. The van der Waals surface area contributed by atoms with Crippen LogP contribution in [0.5, 0.6) is 0 Å². The largest absolute Gasteiger partial charge is 0.458 e. The maximum atomic E-state index is 13.5. The molecule has 1 N–H and O–H groups in total. The van der Waals surface area contributed by atoms with Crippen molar-refractivity contribution in [3.63, 3.8) is 0 Å². The zero-order chi connectivity index (χ0) is 27.0. The number of benzene rings is 1. The van der Waals surface area contributed by atoms with Gasteiger partial charge < -0.3 is 10.1 Å². The second-order valence-corrected chi connectivity index (χ2v) is 11.7. The molecule has 4 aliphatic rings. The second kappa shape index (κ2) is 8.50. The van der Waals surface area contributed by atoms with Crippen molar-refractivity contribution in [3.05, 3.63) is 41.5 Å². The van der Waals surface area contributed by atoms with E-state index >= 15 is 0 Å². The minimum atomic E-state index is -4.92. The summed E-state index contributed by atoms with van der Waals surface area (Å²) in [6.07, 6.45) is -2.35. The molecule has 1 unspecified atom stereocenters. The van der Waals surface area contributed by atoms with E-state index in [1.54, 1.807) is 0 Å². The Morgan fingerprint density at radius 2 is 1.76 bits per heavy atom. The van der Waals surface area contributed by atoms with Gasteiger partial charge in [-0.1, -0.05) is 19.9 Å². The van der Waals surface area contributed by atoms with Crippen molar-refractivity contribution in [2.75, 3.05) is 5.32 Å². The van der Waals surface area contributed by atoms with E-state index in [0.717, 1.165) is 19.3 Å².